The summed E-state index contributed by atoms with van der Waals surface area (Å²) < 4.78 is 0. The van der Waals surface area contributed by atoms with Gasteiger partial charge in [0.1, 0.15) is 6.04 Å². The number of aliphatic carboxylic acids is 1. The van der Waals surface area contributed by atoms with Crippen molar-refractivity contribution in [3.8, 4) is 0 Å². The summed E-state index contributed by atoms with van der Waals surface area (Å²) in [7, 11) is 0. The lowest BCUT2D eigenvalue weighted by atomic mass is 9.76. The van der Waals surface area contributed by atoms with Gasteiger partial charge in [-0.3, -0.25) is 9.59 Å². The SMILES string of the molecule is CC(=O)N1CC2(CCN(C(=O)Cc3ccsc3)CC2)C[C@H]1C(=O)O. The van der Waals surface area contributed by atoms with Gasteiger partial charge in [-0.05, 0) is 47.1 Å². The number of piperidine rings is 1. The van der Waals surface area contributed by atoms with Crippen molar-refractivity contribution in [2.45, 2.75) is 38.6 Å². The van der Waals surface area contributed by atoms with Crippen LogP contribution >= 0.6 is 11.3 Å². The van der Waals surface area contributed by atoms with Crippen LogP contribution in [0.2, 0.25) is 0 Å². The number of carboxylic acid groups (broad SMARTS) is 1. The second-order valence-corrected chi connectivity index (χ2v) is 7.67. The Morgan fingerprint density at radius 2 is 2.04 bits per heavy atom. The fourth-order valence-corrected chi connectivity index (χ4v) is 4.55. The number of carboxylic acids is 1. The van der Waals surface area contributed by atoms with Gasteiger partial charge in [0, 0.05) is 26.6 Å². The molecule has 0 bridgehead atoms. The number of carbonyl (C=O) groups is 3. The number of hydrogen-bond donors (Lipinski definition) is 1. The molecule has 0 radical (unpaired) electrons. The maximum Gasteiger partial charge on any atom is 0.326 e. The predicted octanol–water partition coefficient (Wildman–Crippen LogP) is 1.60. The fraction of sp³-hybridized carbons (Fsp3) is 0.588. The van der Waals surface area contributed by atoms with Crippen molar-refractivity contribution in [1.29, 1.82) is 0 Å². The van der Waals surface area contributed by atoms with Crippen molar-refractivity contribution >= 4 is 29.1 Å². The number of hydrogen-bond acceptors (Lipinski definition) is 4. The minimum Gasteiger partial charge on any atom is -0.480 e. The van der Waals surface area contributed by atoms with E-state index in [9.17, 15) is 19.5 Å². The minimum atomic E-state index is -0.932. The van der Waals surface area contributed by atoms with Crippen LogP contribution in [0.4, 0.5) is 0 Å². The van der Waals surface area contributed by atoms with Crippen LogP contribution < -0.4 is 0 Å². The van der Waals surface area contributed by atoms with E-state index in [1.807, 2.05) is 21.7 Å². The fourth-order valence-electron chi connectivity index (χ4n) is 3.88. The van der Waals surface area contributed by atoms with Gasteiger partial charge >= 0.3 is 5.97 Å². The first kappa shape index (κ1) is 17.0. The Kier molecular flexibility index (Phi) is 4.62. The number of amides is 2. The Morgan fingerprint density at radius 1 is 1.33 bits per heavy atom. The zero-order valence-corrected chi connectivity index (χ0v) is 14.6. The molecule has 0 saturated carbocycles. The molecule has 1 atom stereocenters. The highest BCUT2D eigenvalue weighted by molar-refractivity contribution is 7.08. The number of thiophene rings is 1. The van der Waals surface area contributed by atoms with Crippen LogP contribution in [-0.4, -0.2) is 58.4 Å². The van der Waals surface area contributed by atoms with Crippen LogP contribution in [-0.2, 0) is 20.8 Å². The van der Waals surface area contributed by atoms with E-state index in [1.165, 1.54) is 11.8 Å². The molecule has 7 heteroatoms. The molecule has 2 amide bonds. The maximum atomic E-state index is 12.4. The van der Waals surface area contributed by atoms with E-state index in [0.717, 1.165) is 18.4 Å². The summed E-state index contributed by atoms with van der Waals surface area (Å²) in [5.41, 5.74) is 0.883. The molecule has 1 aromatic rings. The molecule has 130 valence electrons. The van der Waals surface area contributed by atoms with Crippen molar-refractivity contribution in [2.75, 3.05) is 19.6 Å². The smallest absolute Gasteiger partial charge is 0.326 e. The molecule has 2 aliphatic rings. The molecule has 2 fully saturated rings. The summed E-state index contributed by atoms with van der Waals surface area (Å²) in [6.45, 7) is 3.20. The minimum absolute atomic E-state index is 0.124. The number of likely N-dealkylation sites (tertiary alicyclic amines) is 2. The van der Waals surface area contributed by atoms with Crippen LogP contribution in [0.5, 0.6) is 0 Å². The van der Waals surface area contributed by atoms with Crippen molar-refractivity contribution < 1.29 is 19.5 Å². The molecule has 3 heterocycles. The molecule has 3 rings (SSSR count). The first-order valence-corrected chi connectivity index (χ1v) is 9.13. The Morgan fingerprint density at radius 3 is 2.54 bits per heavy atom. The van der Waals surface area contributed by atoms with Gasteiger partial charge in [-0.1, -0.05) is 0 Å². The van der Waals surface area contributed by atoms with E-state index < -0.39 is 12.0 Å². The zero-order valence-electron chi connectivity index (χ0n) is 13.7. The van der Waals surface area contributed by atoms with Crippen molar-refractivity contribution in [3.63, 3.8) is 0 Å². The summed E-state index contributed by atoms with van der Waals surface area (Å²) in [6, 6.07) is 1.24. The monoisotopic (exact) mass is 350 g/mol. The summed E-state index contributed by atoms with van der Waals surface area (Å²) in [4.78, 5) is 38.9. The number of nitrogens with zero attached hydrogens (tertiary/aromatic N) is 2. The quantitative estimate of drug-likeness (QED) is 0.898. The lowest BCUT2D eigenvalue weighted by Gasteiger charge is -2.39. The Hall–Kier alpha value is -1.89. The normalized spacial score (nSPS) is 22.8. The lowest BCUT2D eigenvalue weighted by Crippen LogP contribution is -2.45. The van der Waals surface area contributed by atoms with Gasteiger partial charge in [-0.15, -0.1) is 0 Å². The van der Waals surface area contributed by atoms with Crippen molar-refractivity contribution in [2.24, 2.45) is 5.41 Å². The van der Waals surface area contributed by atoms with Crippen molar-refractivity contribution in [1.82, 2.24) is 9.80 Å². The highest BCUT2D eigenvalue weighted by atomic mass is 32.1. The van der Waals surface area contributed by atoms with E-state index in [1.54, 1.807) is 11.3 Å². The molecule has 1 spiro atoms. The molecule has 2 saturated heterocycles. The average Bonchev–Trinajstić information content (AvgIpc) is 3.16. The standard InChI is InChI=1S/C17H22N2O4S/c1-12(20)19-11-17(9-14(19)16(22)23)3-5-18(6-4-17)15(21)8-13-2-7-24-10-13/h2,7,10,14H,3-6,8-9,11H2,1H3,(H,22,23)/t14-/m0/s1. The molecule has 1 N–H and O–H groups in total. The summed E-state index contributed by atoms with van der Waals surface area (Å²) in [6.07, 6.45) is 2.44. The first-order chi connectivity index (χ1) is 11.4. The van der Waals surface area contributed by atoms with E-state index in [0.29, 0.717) is 32.5 Å². The van der Waals surface area contributed by atoms with Crippen LogP contribution in [0.25, 0.3) is 0 Å². The molecule has 24 heavy (non-hydrogen) atoms. The molecule has 0 aliphatic carbocycles. The van der Waals surface area contributed by atoms with Crippen LogP contribution in [0, 0.1) is 5.41 Å². The molecule has 2 aliphatic heterocycles. The Bertz CT molecular complexity index is 611. The zero-order chi connectivity index (χ0) is 17.3. The third-order valence-electron chi connectivity index (χ3n) is 5.31. The molecule has 0 unspecified atom stereocenters. The molecule has 1 aromatic heterocycles. The first-order valence-electron chi connectivity index (χ1n) is 8.19. The predicted molar refractivity (Wildman–Crippen MR) is 89.7 cm³/mol. The van der Waals surface area contributed by atoms with E-state index >= 15 is 0 Å². The van der Waals surface area contributed by atoms with Gasteiger partial charge in [0.2, 0.25) is 11.8 Å². The molecular formula is C17H22N2O4S. The van der Waals surface area contributed by atoms with Gasteiger partial charge in [-0.25, -0.2) is 4.79 Å². The van der Waals surface area contributed by atoms with E-state index in [-0.39, 0.29) is 17.2 Å². The summed E-state index contributed by atoms with van der Waals surface area (Å²) in [5.74, 6) is -0.993. The highest BCUT2D eigenvalue weighted by Crippen LogP contribution is 2.43. The van der Waals surface area contributed by atoms with E-state index in [4.69, 9.17) is 0 Å². The van der Waals surface area contributed by atoms with Gasteiger partial charge in [-0.2, -0.15) is 11.3 Å². The second-order valence-electron chi connectivity index (χ2n) is 6.89. The van der Waals surface area contributed by atoms with E-state index in [2.05, 4.69) is 0 Å². The lowest BCUT2D eigenvalue weighted by molar-refractivity contribution is -0.147. The highest BCUT2D eigenvalue weighted by Gasteiger charge is 2.49. The van der Waals surface area contributed by atoms with Gasteiger partial charge in [0.15, 0.2) is 0 Å². The summed E-state index contributed by atoms with van der Waals surface area (Å²) in [5, 5.41) is 13.3. The molecular weight excluding hydrogens is 328 g/mol. The maximum absolute atomic E-state index is 12.4. The second kappa shape index (κ2) is 6.55. The Labute approximate surface area is 145 Å². The van der Waals surface area contributed by atoms with Crippen molar-refractivity contribution in [3.05, 3.63) is 22.4 Å². The van der Waals surface area contributed by atoms with Gasteiger partial charge in [0.05, 0.1) is 6.42 Å². The number of carbonyl (C=O) groups excluding carboxylic acids is 2. The third-order valence-corrected chi connectivity index (χ3v) is 6.04. The van der Waals surface area contributed by atoms with Gasteiger partial charge in [0.25, 0.3) is 0 Å². The summed E-state index contributed by atoms with van der Waals surface area (Å²) >= 11 is 1.59. The van der Waals surface area contributed by atoms with Gasteiger partial charge < -0.3 is 14.9 Å². The molecule has 0 aromatic carbocycles. The Balaban J connectivity index is 1.61. The van der Waals surface area contributed by atoms with Crippen LogP contribution in [0.3, 0.4) is 0 Å². The van der Waals surface area contributed by atoms with Crippen LogP contribution in [0.15, 0.2) is 16.8 Å². The average molecular weight is 350 g/mol. The molecule has 6 nitrogen and oxygen atoms in total. The third kappa shape index (κ3) is 3.31. The topological polar surface area (TPSA) is 77.9 Å². The number of rotatable bonds is 3. The van der Waals surface area contributed by atoms with Crippen LogP contribution in [0.1, 0.15) is 31.7 Å². The largest absolute Gasteiger partial charge is 0.480 e.